The summed E-state index contributed by atoms with van der Waals surface area (Å²) in [6, 6.07) is 13.7. The fourth-order valence-corrected chi connectivity index (χ4v) is 4.43. The molecule has 34 heavy (non-hydrogen) atoms. The van der Waals surface area contributed by atoms with Crippen molar-refractivity contribution >= 4 is 22.7 Å². The molecule has 1 aliphatic rings. The highest BCUT2D eigenvalue weighted by Gasteiger charge is 2.27. The summed E-state index contributed by atoms with van der Waals surface area (Å²) in [5.41, 5.74) is 2.34. The summed E-state index contributed by atoms with van der Waals surface area (Å²) in [5, 5.41) is 0.746. The summed E-state index contributed by atoms with van der Waals surface area (Å²) in [7, 11) is 4.69. The molecule has 1 saturated heterocycles. The number of nitrogens with zero attached hydrogens (tertiary/aromatic N) is 2. The molecule has 0 saturated carbocycles. The van der Waals surface area contributed by atoms with E-state index in [1.807, 2.05) is 23.1 Å². The van der Waals surface area contributed by atoms with Crippen molar-refractivity contribution < 1.29 is 23.8 Å². The minimum Gasteiger partial charge on any atom is -0.496 e. The fraction of sp³-hybridized carbons (Fsp3) is 0.385. The van der Waals surface area contributed by atoms with Crippen LogP contribution in [0.2, 0.25) is 0 Å². The minimum absolute atomic E-state index is 0.115. The predicted octanol–water partition coefficient (Wildman–Crippen LogP) is 3.50. The third-order valence-electron chi connectivity index (χ3n) is 6.29. The molecule has 3 aromatic rings. The molecule has 4 rings (SSSR count). The van der Waals surface area contributed by atoms with E-state index >= 15 is 0 Å². The number of aromatic nitrogens is 1. The van der Waals surface area contributed by atoms with E-state index in [2.05, 4.69) is 17.1 Å². The number of fused-ring (bicyclic) bond motifs is 1. The molecule has 1 aromatic heterocycles. The van der Waals surface area contributed by atoms with Gasteiger partial charge in [0.1, 0.15) is 11.4 Å². The van der Waals surface area contributed by atoms with Crippen molar-refractivity contribution in [2.75, 3.05) is 47.5 Å². The molecular formula is C26H31N3O5. The molecular weight excluding hydrogens is 434 g/mol. The highest BCUT2D eigenvalue weighted by atomic mass is 16.5. The van der Waals surface area contributed by atoms with Gasteiger partial charge in [0, 0.05) is 44.1 Å². The fourth-order valence-electron chi connectivity index (χ4n) is 4.43. The van der Waals surface area contributed by atoms with E-state index in [1.54, 1.807) is 38.4 Å². The van der Waals surface area contributed by atoms with Gasteiger partial charge in [-0.05, 0) is 24.5 Å². The average Bonchev–Trinajstić information content (AvgIpc) is 3.33. The topological polar surface area (TPSA) is 84.1 Å². The van der Waals surface area contributed by atoms with Crippen LogP contribution in [0.3, 0.4) is 0 Å². The number of aromatic amines is 1. The van der Waals surface area contributed by atoms with E-state index in [0.29, 0.717) is 61.1 Å². The first kappa shape index (κ1) is 23.5. The smallest absolute Gasteiger partial charge is 0.270 e. The van der Waals surface area contributed by atoms with Gasteiger partial charge >= 0.3 is 0 Å². The largest absolute Gasteiger partial charge is 0.496 e. The number of nitrogens with one attached hydrogen (secondary N) is 1. The van der Waals surface area contributed by atoms with E-state index in [-0.39, 0.29) is 11.8 Å². The first-order chi connectivity index (χ1) is 16.5. The molecule has 1 fully saturated rings. The minimum atomic E-state index is -0.115. The number of ether oxygens (including phenoxy) is 3. The Bertz CT molecular complexity index is 1150. The normalized spacial score (nSPS) is 13.7. The van der Waals surface area contributed by atoms with Gasteiger partial charge in [-0.25, -0.2) is 0 Å². The lowest BCUT2D eigenvalue weighted by molar-refractivity contribution is -0.132. The van der Waals surface area contributed by atoms with Crippen LogP contribution in [0.15, 0.2) is 42.5 Å². The van der Waals surface area contributed by atoms with E-state index in [1.165, 1.54) is 5.56 Å². The zero-order valence-corrected chi connectivity index (χ0v) is 19.9. The summed E-state index contributed by atoms with van der Waals surface area (Å²) < 4.78 is 16.4. The Hall–Kier alpha value is -3.68. The monoisotopic (exact) mass is 465 g/mol. The maximum absolute atomic E-state index is 13.2. The molecule has 0 bridgehead atoms. The Labute approximate surface area is 199 Å². The van der Waals surface area contributed by atoms with Crippen molar-refractivity contribution in [3.63, 3.8) is 0 Å². The second-order valence-corrected chi connectivity index (χ2v) is 8.30. The number of rotatable bonds is 8. The molecule has 2 heterocycles. The number of methoxy groups -OCH3 is 3. The number of benzene rings is 2. The third-order valence-corrected chi connectivity index (χ3v) is 6.29. The van der Waals surface area contributed by atoms with Crippen LogP contribution in [0.25, 0.3) is 10.9 Å². The van der Waals surface area contributed by atoms with E-state index in [0.717, 1.165) is 18.2 Å². The maximum atomic E-state index is 13.2. The van der Waals surface area contributed by atoms with Gasteiger partial charge < -0.3 is 29.0 Å². The Morgan fingerprint density at radius 1 is 0.882 bits per heavy atom. The number of carbonyl (C=O) groups excluding carboxylic acids is 2. The van der Waals surface area contributed by atoms with Gasteiger partial charge in [0.15, 0.2) is 11.5 Å². The van der Waals surface area contributed by atoms with Crippen LogP contribution in [-0.2, 0) is 11.2 Å². The van der Waals surface area contributed by atoms with Gasteiger partial charge in [-0.3, -0.25) is 9.59 Å². The SMILES string of the molecule is COc1cc(OC)c2cc(C(=O)N3CCN(C(=O)CCCc4ccccc4)CC3)[nH]c2c1OC. The summed E-state index contributed by atoms with van der Waals surface area (Å²) in [4.78, 5) is 32.7. The Kier molecular flexibility index (Phi) is 7.25. The van der Waals surface area contributed by atoms with E-state index in [4.69, 9.17) is 14.2 Å². The molecule has 2 aromatic carbocycles. The van der Waals surface area contributed by atoms with Crippen molar-refractivity contribution in [1.29, 1.82) is 0 Å². The van der Waals surface area contributed by atoms with Crippen molar-refractivity contribution in [3.05, 3.63) is 53.7 Å². The average molecular weight is 466 g/mol. The van der Waals surface area contributed by atoms with Gasteiger partial charge in [0.2, 0.25) is 5.91 Å². The molecule has 0 unspecified atom stereocenters. The number of hydrogen-bond acceptors (Lipinski definition) is 5. The van der Waals surface area contributed by atoms with Gasteiger partial charge in [-0.2, -0.15) is 0 Å². The molecule has 2 amide bonds. The molecule has 0 radical (unpaired) electrons. The molecule has 8 heteroatoms. The predicted molar refractivity (Wildman–Crippen MR) is 130 cm³/mol. The number of aryl methyl sites for hydroxylation is 1. The molecule has 0 atom stereocenters. The Morgan fingerprint density at radius 3 is 2.21 bits per heavy atom. The lowest BCUT2D eigenvalue weighted by Crippen LogP contribution is -2.50. The summed E-state index contributed by atoms with van der Waals surface area (Å²) >= 11 is 0. The zero-order valence-electron chi connectivity index (χ0n) is 19.9. The third kappa shape index (κ3) is 4.81. The van der Waals surface area contributed by atoms with Gasteiger partial charge in [-0.1, -0.05) is 30.3 Å². The highest BCUT2D eigenvalue weighted by Crippen LogP contribution is 2.41. The van der Waals surface area contributed by atoms with E-state index in [9.17, 15) is 9.59 Å². The molecule has 1 aliphatic heterocycles. The standard InChI is InChI=1S/C26H31N3O5/c1-32-21-17-22(33-2)25(34-3)24-19(21)16-20(27-24)26(31)29-14-12-28(13-15-29)23(30)11-7-10-18-8-5-4-6-9-18/h4-6,8-9,16-17,27H,7,10-15H2,1-3H3. The van der Waals surface area contributed by atoms with Gasteiger partial charge in [0.05, 0.1) is 26.8 Å². The lowest BCUT2D eigenvalue weighted by atomic mass is 10.1. The molecule has 0 aliphatic carbocycles. The molecule has 180 valence electrons. The Morgan fingerprint density at radius 2 is 1.56 bits per heavy atom. The van der Waals surface area contributed by atoms with E-state index < -0.39 is 0 Å². The van der Waals surface area contributed by atoms with Gasteiger partial charge in [0.25, 0.3) is 5.91 Å². The van der Waals surface area contributed by atoms with Crippen LogP contribution in [-0.4, -0.2) is 74.1 Å². The van der Waals surface area contributed by atoms with Crippen LogP contribution in [0.1, 0.15) is 28.9 Å². The van der Waals surface area contributed by atoms with Crippen molar-refractivity contribution in [1.82, 2.24) is 14.8 Å². The van der Waals surface area contributed by atoms with Crippen LogP contribution in [0.4, 0.5) is 0 Å². The first-order valence-corrected chi connectivity index (χ1v) is 11.5. The second-order valence-electron chi connectivity index (χ2n) is 8.30. The lowest BCUT2D eigenvalue weighted by Gasteiger charge is -2.34. The van der Waals surface area contributed by atoms with Crippen LogP contribution in [0.5, 0.6) is 17.2 Å². The van der Waals surface area contributed by atoms with Crippen LogP contribution >= 0.6 is 0 Å². The summed E-state index contributed by atoms with van der Waals surface area (Å²) in [6.45, 7) is 2.07. The second kappa shape index (κ2) is 10.5. The maximum Gasteiger partial charge on any atom is 0.270 e. The molecule has 8 nitrogen and oxygen atoms in total. The number of piperazine rings is 1. The number of hydrogen-bond donors (Lipinski definition) is 1. The van der Waals surface area contributed by atoms with Gasteiger partial charge in [-0.15, -0.1) is 0 Å². The zero-order chi connectivity index (χ0) is 24.1. The van der Waals surface area contributed by atoms with Crippen LogP contribution < -0.4 is 14.2 Å². The Balaban J connectivity index is 1.38. The van der Waals surface area contributed by atoms with Crippen LogP contribution in [0, 0.1) is 0 Å². The van der Waals surface area contributed by atoms with Crippen molar-refractivity contribution in [3.8, 4) is 17.2 Å². The molecule has 1 N–H and O–H groups in total. The van der Waals surface area contributed by atoms with Crippen molar-refractivity contribution in [2.45, 2.75) is 19.3 Å². The number of H-pyrrole nitrogens is 1. The first-order valence-electron chi connectivity index (χ1n) is 11.5. The number of amides is 2. The van der Waals surface area contributed by atoms with Crippen molar-refractivity contribution in [2.24, 2.45) is 0 Å². The quantitative estimate of drug-likeness (QED) is 0.551. The summed E-state index contributed by atoms with van der Waals surface area (Å²) in [6.07, 6.45) is 2.24. The summed E-state index contributed by atoms with van der Waals surface area (Å²) in [5.74, 6) is 1.66. The molecule has 0 spiro atoms. The number of carbonyl (C=O) groups is 2. The highest BCUT2D eigenvalue weighted by molar-refractivity contribution is 6.02.